The average Bonchev–Trinajstić information content (AvgIpc) is 2.84. The van der Waals surface area contributed by atoms with Gasteiger partial charge in [0.15, 0.2) is 0 Å². The molecule has 0 unspecified atom stereocenters. The van der Waals surface area contributed by atoms with Crippen molar-refractivity contribution in [3.8, 4) is 0 Å². The molecule has 0 heterocycles. The summed E-state index contributed by atoms with van der Waals surface area (Å²) < 4.78 is 6.13. The number of benzene rings is 2. The van der Waals surface area contributed by atoms with E-state index in [1.54, 1.807) is 0 Å². The Hall–Kier alpha value is -1.64. The first-order valence-corrected chi connectivity index (χ1v) is 7.24. The molecule has 0 fully saturated rings. The highest BCUT2D eigenvalue weighted by molar-refractivity contribution is 5.57. The van der Waals surface area contributed by atoms with Crippen molar-refractivity contribution in [2.24, 2.45) is 0 Å². The standard InChI is InChI=1S/C18H18O2/c1-2-20-17-11-13-7-3-5-9-15(13)18(17,19)16-10-6-4-8-14(16)12-17/h3-10,19H,2,11-12H2,1H3. The van der Waals surface area contributed by atoms with Gasteiger partial charge in [0.05, 0.1) is 0 Å². The zero-order valence-electron chi connectivity index (χ0n) is 11.6. The summed E-state index contributed by atoms with van der Waals surface area (Å²) in [5.74, 6) is 0. The Balaban J connectivity index is 2.01. The lowest BCUT2D eigenvalue weighted by Crippen LogP contribution is -2.49. The summed E-state index contributed by atoms with van der Waals surface area (Å²) in [5, 5.41) is 11.6. The number of hydrogen-bond donors (Lipinski definition) is 1. The molecule has 0 aromatic heterocycles. The molecule has 2 aliphatic carbocycles. The Morgan fingerprint density at radius 1 is 0.950 bits per heavy atom. The minimum Gasteiger partial charge on any atom is -0.377 e. The fourth-order valence-corrected chi connectivity index (χ4v) is 4.11. The number of hydrogen-bond acceptors (Lipinski definition) is 2. The van der Waals surface area contributed by atoms with Gasteiger partial charge < -0.3 is 9.84 Å². The van der Waals surface area contributed by atoms with Gasteiger partial charge in [0.2, 0.25) is 0 Å². The molecular weight excluding hydrogens is 248 g/mol. The molecule has 2 nitrogen and oxygen atoms in total. The van der Waals surface area contributed by atoms with E-state index < -0.39 is 11.2 Å². The minimum absolute atomic E-state index is 0.533. The number of aliphatic hydroxyl groups is 1. The van der Waals surface area contributed by atoms with Gasteiger partial charge in [-0.1, -0.05) is 48.5 Å². The van der Waals surface area contributed by atoms with Gasteiger partial charge in [-0.05, 0) is 29.2 Å². The van der Waals surface area contributed by atoms with E-state index in [4.69, 9.17) is 4.74 Å². The normalized spacial score (nSPS) is 29.9. The van der Waals surface area contributed by atoms with E-state index in [1.807, 2.05) is 43.3 Å². The van der Waals surface area contributed by atoms with E-state index in [9.17, 15) is 5.11 Å². The molecule has 2 aromatic rings. The lowest BCUT2D eigenvalue weighted by molar-refractivity contribution is -0.145. The molecule has 2 heteroatoms. The van der Waals surface area contributed by atoms with E-state index in [0.29, 0.717) is 6.61 Å². The van der Waals surface area contributed by atoms with Crippen molar-refractivity contribution < 1.29 is 9.84 Å². The maximum atomic E-state index is 11.6. The highest BCUT2D eigenvalue weighted by Crippen LogP contribution is 2.57. The maximum absolute atomic E-state index is 11.6. The van der Waals surface area contributed by atoms with Crippen LogP contribution in [0.5, 0.6) is 0 Å². The first-order valence-electron chi connectivity index (χ1n) is 7.24. The summed E-state index contributed by atoms with van der Waals surface area (Å²) in [6.07, 6.45) is 1.56. The fourth-order valence-electron chi connectivity index (χ4n) is 4.11. The third-order valence-electron chi connectivity index (χ3n) is 4.85. The van der Waals surface area contributed by atoms with E-state index in [1.165, 1.54) is 11.1 Å². The van der Waals surface area contributed by atoms with Gasteiger partial charge in [-0.2, -0.15) is 0 Å². The molecule has 0 radical (unpaired) electrons. The topological polar surface area (TPSA) is 29.5 Å². The van der Waals surface area contributed by atoms with E-state index >= 15 is 0 Å². The monoisotopic (exact) mass is 266 g/mol. The van der Waals surface area contributed by atoms with Crippen LogP contribution in [0.2, 0.25) is 0 Å². The van der Waals surface area contributed by atoms with Crippen LogP contribution >= 0.6 is 0 Å². The fraction of sp³-hybridized carbons (Fsp3) is 0.333. The molecular formula is C18H18O2. The smallest absolute Gasteiger partial charge is 0.145 e. The van der Waals surface area contributed by atoms with Crippen LogP contribution in [0.1, 0.15) is 29.2 Å². The Bertz CT molecular complexity index is 625. The minimum atomic E-state index is -1.00. The third kappa shape index (κ3) is 1.26. The zero-order chi connectivity index (χ0) is 13.8. The molecule has 102 valence electrons. The van der Waals surface area contributed by atoms with E-state index in [0.717, 1.165) is 24.0 Å². The molecule has 0 spiro atoms. The molecule has 4 rings (SSSR count). The van der Waals surface area contributed by atoms with Crippen LogP contribution in [-0.4, -0.2) is 17.3 Å². The third-order valence-corrected chi connectivity index (χ3v) is 4.85. The molecule has 0 saturated carbocycles. The summed E-state index contributed by atoms with van der Waals surface area (Å²) in [5.41, 5.74) is 2.90. The van der Waals surface area contributed by atoms with Gasteiger partial charge >= 0.3 is 0 Å². The van der Waals surface area contributed by atoms with Gasteiger partial charge in [-0.3, -0.25) is 0 Å². The van der Waals surface area contributed by atoms with Crippen LogP contribution in [0.3, 0.4) is 0 Å². The van der Waals surface area contributed by atoms with Gasteiger partial charge in [0, 0.05) is 19.4 Å². The number of rotatable bonds is 2. The quantitative estimate of drug-likeness (QED) is 0.905. The Morgan fingerprint density at radius 2 is 1.45 bits per heavy atom. The predicted molar refractivity (Wildman–Crippen MR) is 77.6 cm³/mol. The Morgan fingerprint density at radius 3 is 1.95 bits per heavy atom. The van der Waals surface area contributed by atoms with Crippen molar-refractivity contribution in [2.75, 3.05) is 6.61 Å². The summed E-state index contributed by atoms with van der Waals surface area (Å²) in [6, 6.07) is 16.4. The summed E-state index contributed by atoms with van der Waals surface area (Å²) in [6.45, 7) is 2.62. The Kier molecular flexibility index (Phi) is 2.39. The van der Waals surface area contributed by atoms with Crippen LogP contribution in [0.4, 0.5) is 0 Å². The second-order valence-corrected chi connectivity index (χ2v) is 5.81. The molecule has 0 saturated heterocycles. The van der Waals surface area contributed by atoms with Gasteiger partial charge in [-0.15, -0.1) is 0 Å². The first-order chi connectivity index (χ1) is 9.71. The van der Waals surface area contributed by atoms with Crippen LogP contribution in [0.15, 0.2) is 48.5 Å². The second kappa shape index (κ2) is 3.94. The summed E-state index contributed by atoms with van der Waals surface area (Å²) in [7, 11) is 0. The second-order valence-electron chi connectivity index (χ2n) is 5.81. The highest BCUT2D eigenvalue weighted by atomic mass is 16.5. The van der Waals surface area contributed by atoms with Crippen molar-refractivity contribution in [1.82, 2.24) is 0 Å². The maximum Gasteiger partial charge on any atom is 0.145 e. The van der Waals surface area contributed by atoms with Gasteiger partial charge in [-0.25, -0.2) is 0 Å². The summed E-state index contributed by atoms with van der Waals surface area (Å²) in [4.78, 5) is 0. The van der Waals surface area contributed by atoms with Crippen molar-refractivity contribution >= 4 is 0 Å². The van der Waals surface area contributed by atoms with Crippen LogP contribution in [0.25, 0.3) is 0 Å². The van der Waals surface area contributed by atoms with Crippen molar-refractivity contribution in [2.45, 2.75) is 31.0 Å². The van der Waals surface area contributed by atoms with E-state index in [-0.39, 0.29) is 0 Å². The molecule has 20 heavy (non-hydrogen) atoms. The average molecular weight is 266 g/mol. The summed E-state index contributed by atoms with van der Waals surface area (Å²) >= 11 is 0. The van der Waals surface area contributed by atoms with E-state index in [2.05, 4.69) is 12.1 Å². The molecule has 0 amide bonds. The van der Waals surface area contributed by atoms with Crippen LogP contribution in [-0.2, 0) is 23.2 Å². The van der Waals surface area contributed by atoms with Crippen LogP contribution in [0, 0.1) is 0 Å². The molecule has 0 bridgehead atoms. The highest BCUT2D eigenvalue weighted by Gasteiger charge is 2.63. The molecule has 0 atom stereocenters. The number of fused-ring (bicyclic) bond motifs is 5. The largest absolute Gasteiger partial charge is 0.377 e. The van der Waals surface area contributed by atoms with Gasteiger partial charge in [0.1, 0.15) is 11.2 Å². The molecule has 0 aliphatic heterocycles. The molecule has 1 N–H and O–H groups in total. The van der Waals surface area contributed by atoms with Crippen molar-refractivity contribution in [3.05, 3.63) is 70.8 Å². The van der Waals surface area contributed by atoms with Gasteiger partial charge in [0.25, 0.3) is 0 Å². The van der Waals surface area contributed by atoms with Crippen molar-refractivity contribution in [3.63, 3.8) is 0 Å². The van der Waals surface area contributed by atoms with Crippen LogP contribution < -0.4 is 0 Å². The number of ether oxygens (including phenoxy) is 1. The Labute approximate surface area is 119 Å². The predicted octanol–water partition coefficient (Wildman–Crippen LogP) is 2.81. The molecule has 2 aliphatic rings. The SMILES string of the molecule is CCOC12Cc3ccccc3C1(O)c1ccccc1C2. The first kappa shape index (κ1) is 12.1. The zero-order valence-corrected chi connectivity index (χ0v) is 11.6. The van der Waals surface area contributed by atoms with Crippen molar-refractivity contribution in [1.29, 1.82) is 0 Å². The lowest BCUT2D eigenvalue weighted by atomic mass is 9.83. The lowest BCUT2D eigenvalue weighted by Gasteiger charge is -2.37. The molecule has 2 aromatic carbocycles.